The number of nitrogens with zero attached hydrogens (tertiary/aromatic N) is 2. The number of benzene rings is 3. The van der Waals surface area contributed by atoms with E-state index in [2.05, 4.69) is 4.90 Å². The highest BCUT2D eigenvalue weighted by molar-refractivity contribution is 5.63. The van der Waals surface area contributed by atoms with E-state index in [4.69, 9.17) is 9.47 Å². The zero-order chi connectivity index (χ0) is 22.3. The van der Waals surface area contributed by atoms with Crippen molar-refractivity contribution in [1.82, 2.24) is 4.90 Å². The summed E-state index contributed by atoms with van der Waals surface area (Å²) < 4.78 is 25.6. The SMILES string of the molecule is O=[N+]([O-])c1ccc(Oc2ccc(F)cc2OCc2ccccc2)cc1C=CN1CCCC1. The zero-order valence-electron chi connectivity index (χ0n) is 17.4. The Balaban J connectivity index is 1.56. The summed E-state index contributed by atoms with van der Waals surface area (Å²) in [6.07, 6.45) is 5.84. The Bertz CT molecular complexity index is 1110. The molecular weight excluding hydrogens is 411 g/mol. The van der Waals surface area contributed by atoms with Crippen molar-refractivity contribution in [1.29, 1.82) is 0 Å². The minimum atomic E-state index is -0.446. The highest BCUT2D eigenvalue weighted by Crippen LogP contribution is 2.35. The molecular formula is C25H23FN2O4. The van der Waals surface area contributed by atoms with Gasteiger partial charge in [-0.25, -0.2) is 4.39 Å². The van der Waals surface area contributed by atoms with E-state index < -0.39 is 10.7 Å². The van der Waals surface area contributed by atoms with Crippen molar-refractivity contribution in [2.45, 2.75) is 19.4 Å². The van der Waals surface area contributed by atoms with Crippen LogP contribution in [0.2, 0.25) is 0 Å². The summed E-state index contributed by atoms with van der Waals surface area (Å²) in [6, 6.07) is 18.1. The normalized spacial score (nSPS) is 13.5. The minimum absolute atomic E-state index is 0.00699. The molecule has 0 unspecified atom stereocenters. The van der Waals surface area contributed by atoms with Gasteiger partial charge >= 0.3 is 0 Å². The van der Waals surface area contributed by atoms with E-state index in [0.717, 1.165) is 31.5 Å². The van der Waals surface area contributed by atoms with Crippen LogP contribution in [0.25, 0.3) is 6.08 Å². The Hall–Kier alpha value is -3.87. The smallest absolute Gasteiger partial charge is 0.276 e. The first-order valence-corrected chi connectivity index (χ1v) is 10.4. The highest BCUT2D eigenvalue weighted by atomic mass is 19.1. The van der Waals surface area contributed by atoms with Gasteiger partial charge in [-0.1, -0.05) is 30.3 Å². The summed E-state index contributed by atoms with van der Waals surface area (Å²) in [5, 5.41) is 11.5. The largest absolute Gasteiger partial charge is 0.485 e. The van der Waals surface area contributed by atoms with Crippen molar-refractivity contribution in [2.24, 2.45) is 0 Å². The van der Waals surface area contributed by atoms with Gasteiger partial charge in [0.25, 0.3) is 5.69 Å². The predicted octanol–water partition coefficient (Wildman–Crippen LogP) is 6.17. The minimum Gasteiger partial charge on any atom is -0.485 e. The van der Waals surface area contributed by atoms with Gasteiger partial charge in [0.1, 0.15) is 18.2 Å². The number of halogens is 1. The summed E-state index contributed by atoms with van der Waals surface area (Å²) in [6.45, 7) is 2.14. The van der Waals surface area contributed by atoms with Crippen molar-refractivity contribution < 1.29 is 18.8 Å². The third-order valence-corrected chi connectivity index (χ3v) is 5.17. The number of hydrogen-bond acceptors (Lipinski definition) is 5. The summed E-state index contributed by atoms with van der Waals surface area (Å²) in [4.78, 5) is 13.2. The molecule has 0 aliphatic carbocycles. The number of ether oxygens (including phenoxy) is 2. The second kappa shape index (κ2) is 9.96. The molecule has 1 saturated heterocycles. The van der Waals surface area contributed by atoms with Crippen molar-refractivity contribution in [3.8, 4) is 17.2 Å². The maximum Gasteiger partial charge on any atom is 0.276 e. The van der Waals surface area contributed by atoms with E-state index in [1.165, 1.54) is 30.3 Å². The molecule has 7 heteroatoms. The van der Waals surface area contributed by atoms with Crippen LogP contribution in [-0.2, 0) is 6.61 Å². The van der Waals surface area contributed by atoms with Crippen LogP contribution in [0.15, 0.2) is 72.9 Å². The lowest BCUT2D eigenvalue weighted by molar-refractivity contribution is -0.385. The molecule has 164 valence electrons. The Morgan fingerprint density at radius 2 is 1.78 bits per heavy atom. The fourth-order valence-corrected chi connectivity index (χ4v) is 3.51. The van der Waals surface area contributed by atoms with Gasteiger partial charge in [0.15, 0.2) is 11.5 Å². The van der Waals surface area contributed by atoms with E-state index in [1.54, 1.807) is 12.1 Å². The molecule has 0 spiro atoms. The van der Waals surface area contributed by atoms with E-state index in [1.807, 2.05) is 36.5 Å². The molecule has 1 aliphatic rings. The molecule has 0 saturated carbocycles. The van der Waals surface area contributed by atoms with Crippen molar-refractivity contribution in [3.63, 3.8) is 0 Å². The van der Waals surface area contributed by atoms with Crippen LogP contribution in [0.1, 0.15) is 24.0 Å². The fraction of sp³-hybridized carbons (Fsp3) is 0.200. The molecule has 0 N–H and O–H groups in total. The highest BCUT2D eigenvalue weighted by Gasteiger charge is 2.16. The summed E-state index contributed by atoms with van der Waals surface area (Å²) in [5.41, 5.74) is 1.37. The number of hydrogen-bond donors (Lipinski definition) is 0. The first-order valence-electron chi connectivity index (χ1n) is 10.4. The lowest BCUT2D eigenvalue weighted by atomic mass is 10.1. The first kappa shape index (κ1) is 21.4. The van der Waals surface area contributed by atoms with Gasteiger partial charge in [-0.3, -0.25) is 10.1 Å². The third kappa shape index (κ3) is 5.43. The molecule has 3 aromatic carbocycles. The van der Waals surface area contributed by atoms with E-state index in [0.29, 0.717) is 17.1 Å². The van der Waals surface area contributed by atoms with Crippen LogP contribution in [0.4, 0.5) is 10.1 Å². The number of nitro benzene ring substituents is 1. The number of nitro groups is 1. The van der Waals surface area contributed by atoms with E-state index in [-0.39, 0.29) is 18.0 Å². The van der Waals surface area contributed by atoms with Crippen LogP contribution in [0.5, 0.6) is 17.2 Å². The molecule has 1 aliphatic heterocycles. The van der Waals surface area contributed by atoms with Crippen LogP contribution in [-0.4, -0.2) is 22.9 Å². The lowest BCUT2D eigenvalue weighted by Crippen LogP contribution is -2.10. The van der Waals surface area contributed by atoms with Crippen molar-refractivity contribution in [3.05, 3.63) is 100.0 Å². The van der Waals surface area contributed by atoms with Crippen LogP contribution < -0.4 is 9.47 Å². The Kier molecular flexibility index (Phi) is 6.65. The fourth-order valence-electron chi connectivity index (χ4n) is 3.51. The Morgan fingerprint density at radius 1 is 1.00 bits per heavy atom. The number of rotatable bonds is 8. The summed E-state index contributed by atoms with van der Waals surface area (Å²) in [5.74, 6) is 0.526. The molecule has 1 fully saturated rings. The topological polar surface area (TPSA) is 64.8 Å². The molecule has 32 heavy (non-hydrogen) atoms. The third-order valence-electron chi connectivity index (χ3n) is 5.17. The molecule has 1 heterocycles. The molecule has 0 amide bonds. The monoisotopic (exact) mass is 434 g/mol. The maximum absolute atomic E-state index is 13.8. The molecule has 0 atom stereocenters. The van der Waals surface area contributed by atoms with Gasteiger partial charge in [0.05, 0.1) is 10.5 Å². The van der Waals surface area contributed by atoms with Crippen LogP contribution in [0, 0.1) is 15.9 Å². The maximum atomic E-state index is 13.8. The predicted molar refractivity (Wildman–Crippen MR) is 120 cm³/mol. The van der Waals surface area contributed by atoms with E-state index >= 15 is 0 Å². The van der Waals surface area contributed by atoms with Gasteiger partial charge in [0, 0.05) is 25.2 Å². The van der Waals surface area contributed by atoms with Crippen molar-refractivity contribution in [2.75, 3.05) is 13.1 Å². The second-order valence-electron chi connectivity index (χ2n) is 7.50. The molecule has 0 bridgehead atoms. The van der Waals surface area contributed by atoms with Crippen LogP contribution >= 0.6 is 0 Å². The molecule has 3 aromatic rings. The molecule has 0 radical (unpaired) electrons. The van der Waals surface area contributed by atoms with Crippen LogP contribution in [0.3, 0.4) is 0 Å². The average molecular weight is 434 g/mol. The Morgan fingerprint density at radius 3 is 2.53 bits per heavy atom. The zero-order valence-corrected chi connectivity index (χ0v) is 17.4. The van der Waals surface area contributed by atoms with Crippen molar-refractivity contribution >= 4 is 11.8 Å². The standard InChI is InChI=1S/C25H23FN2O4/c26-21-8-11-24(25(17-21)31-18-19-6-2-1-3-7-19)32-22-9-10-23(28(29)30)20(16-22)12-15-27-13-4-5-14-27/h1-3,6-12,15-17H,4-5,13-14,18H2. The van der Waals surface area contributed by atoms with Gasteiger partial charge in [0.2, 0.25) is 0 Å². The van der Waals surface area contributed by atoms with Gasteiger partial charge in [-0.2, -0.15) is 0 Å². The quantitative estimate of drug-likeness (QED) is 0.313. The first-order chi connectivity index (χ1) is 15.6. The molecule has 6 nitrogen and oxygen atoms in total. The lowest BCUT2D eigenvalue weighted by Gasteiger charge is -2.14. The summed E-state index contributed by atoms with van der Waals surface area (Å²) in [7, 11) is 0. The summed E-state index contributed by atoms with van der Waals surface area (Å²) >= 11 is 0. The average Bonchev–Trinajstić information content (AvgIpc) is 3.32. The van der Waals surface area contributed by atoms with Gasteiger partial charge in [-0.15, -0.1) is 0 Å². The Labute approximate surface area is 185 Å². The molecule has 4 rings (SSSR count). The molecule has 0 aromatic heterocycles. The van der Waals surface area contributed by atoms with Gasteiger partial charge in [-0.05, 0) is 54.9 Å². The van der Waals surface area contributed by atoms with Gasteiger partial charge < -0.3 is 14.4 Å². The second-order valence-corrected chi connectivity index (χ2v) is 7.50. The number of likely N-dealkylation sites (tertiary alicyclic amines) is 1. The van der Waals surface area contributed by atoms with E-state index in [9.17, 15) is 14.5 Å².